The molecule has 106 valence electrons. The summed E-state index contributed by atoms with van der Waals surface area (Å²) in [5.41, 5.74) is 2.31. The van der Waals surface area contributed by atoms with Crippen LogP contribution in [0.3, 0.4) is 0 Å². The van der Waals surface area contributed by atoms with E-state index in [1.807, 2.05) is 4.90 Å². The van der Waals surface area contributed by atoms with Crippen LogP contribution in [0.2, 0.25) is 0 Å². The number of hydrogen-bond donors (Lipinski definition) is 0. The fraction of sp³-hybridized carbons (Fsp3) is 0.471. The van der Waals surface area contributed by atoms with Crippen molar-refractivity contribution in [1.82, 2.24) is 4.90 Å². The number of aryl methyl sites for hydroxylation is 1. The Kier molecular flexibility index (Phi) is 3.51. The summed E-state index contributed by atoms with van der Waals surface area (Å²) in [7, 11) is 0. The molecule has 0 spiro atoms. The second-order valence-corrected chi connectivity index (χ2v) is 5.68. The molecule has 0 radical (unpaired) electrons. The lowest BCUT2D eigenvalue weighted by Gasteiger charge is -2.31. The van der Waals surface area contributed by atoms with Crippen LogP contribution < -0.4 is 4.74 Å². The van der Waals surface area contributed by atoms with E-state index in [1.54, 1.807) is 0 Å². The van der Waals surface area contributed by atoms with Gasteiger partial charge in [0, 0.05) is 11.6 Å². The topological polar surface area (TPSA) is 29.5 Å². The monoisotopic (exact) mass is 271 g/mol. The maximum atomic E-state index is 12.3. The molecule has 1 aromatic rings. The fourth-order valence-electron chi connectivity index (χ4n) is 3.08. The van der Waals surface area contributed by atoms with E-state index in [2.05, 4.69) is 31.7 Å². The quantitative estimate of drug-likeness (QED) is 0.789. The maximum absolute atomic E-state index is 12.3. The molecule has 0 bridgehead atoms. The second-order valence-electron chi connectivity index (χ2n) is 5.68. The number of hydrogen-bond acceptors (Lipinski definition) is 2. The minimum Gasteiger partial charge on any atom is -0.493 e. The van der Waals surface area contributed by atoms with E-state index < -0.39 is 0 Å². The Balaban J connectivity index is 2.02. The molecule has 3 nitrogen and oxygen atoms in total. The van der Waals surface area contributed by atoms with Crippen molar-refractivity contribution in [2.75, 3.05) is 6.61 Å². The van der Waals surface area contributed by atoms with E-state index >= 15 is 0 Å². The van der Waals surface area contributed by atoms with Gasteiger partial charge in [-0.25, -0.2) is 0 Å². The largest absolute Gasteiger partial charge is 0.493 e. The molecule has 1 saturated carbocycles. The summed E-state index contributed by atoms with van der Waals surface area (Å²) in [6.45, 7) is 6.46. The third-order valence-corrected chi connectivity index (χ3v) is 4.17. The molecule has 1 unspecified atom stereocenters. The van der Waals surface area contributed by atoms with Gasteiger partial charge in [0.1, 0.15) is 5.75 Å². The van der Waals surface area contributed by atoms with Gasteiger partial charge < -0.3 is 9.64 Å². The summed E-state index contributed by atoms with van der Waals surface area (Å²) in [4.78, 5) is 14.3. The molecule has 1 heterocycles. The average Bonchev–Trinajstić information content (AvgIpc) is 3.27. The van der Waals surface area contributed by atoms with E-state index in [0.717, 1.165) is 49.2 Å². The van der Waals surface area contributed by atoms with Gasteiger partial charge in [0.15, 0.2) is 0 Å². The summed E-state index contributed by atoms with van der Waals surface area (Å²) < 4.78 is 5.91. The van der Waals surface area contributed by atoms with Crippen LogP contribution >= 0.6 is 0 Å². The van der Waals surface area contributed by atoms with Crippen molar-refractivity contribution in [2.24, 2.45) is 0 Å². The molecular weight excluding hydrogens is 250 g/mol. The first-order valence-electron chi connectivity index (χ1n) is 7.39. The Morgan fingerprint density at radius 2 is 2.20 bits per heavy atom. The Morgan fingerprint density at radius 3 is 2.90 bits per heavy atom. The summed E-state index contributed by atoms with van der Waals surface area (Å²) in [5, 5.41) is 0. The van der Waals surface area contributed by atoms with Gasteiger partial charge in [-0.05, 0) is 44.2 Å². The van der Waals surface area contributed by atoms with Gasteiger partial charge in [-0.1, -0.05) is 24.8 Å². The molecule has 1 aliphatic heterocycles. The Morgan fingerprint density at radius 1 is 1.40 bits per heavy atom. The van der Waals surface area contributed by atoms with E-state index in [4.69, 9.17) is 4.74 Å². The van der Waals surface area contributed by atoms with Crippen LogP contribution in [0.1, 0.15) is 42.9 Å². The number of ether oxygens (including phenoxy) is 1. The van der Waals surface area contributed by atoms with Crippen molar-refractivity contribution in [3.63, 3.8) is 0 Å². The maximum Gasteiger partial charge on any atom is 0.246 e. The first-order chi connectivity index (χ1) is 9.72. The zero-order valence-electron chi connectivity index (χ0n) is 12.0. The number of carbonyl (C=O) groups excluding carboxylic acids is 1. The van der Waals surface area contributed by atoms with Crippen LogP contribution in [0.4, 0.5) is 0 Å². The molecule has 1 aromatic carbocycles. The highest BCUT2D eigenvalue weighted by Gasteiger charge is 2.38. The number of benzene rings is 1. The molecule has 3 rings (SSSR count). The molecular formula is C17H21NO2. The third-order valence-electron chi connectivity index (χ3n) is 4.17. The normalized spacial score (nSPS) is 21.4. The zero-order valence-corrected chi connectivity index (χ0v) is 12.0. The lowest BCUT2D eigenvalue weighted by atomic mass is 9.98. The van der Waals surface area contributed by atoms with Crippen LogP contribution in [0.25, 0.3) is 0 Å². The number of carbonyl (C=O) groups is 1. The lowest BCUT2D eigenvalue weighted by molar-refractivity contribution is -0.129. The summed E-state index contributed by atoms with van der Waals surface area (Å²) >= 11 is 0. The van der Waals surface area contributed by atoms with E-state index in [9.17, 15) is 4.79 Å². The standard InChI is InChI=1S/C17H21NO2/c1-3-16(19)18(13-9-10-13)15-8-5-11-20-17-12(2)6-4-7-14(15)17/h3-4,6-7,13,15H,1,5,8-11H2,2H3. The van der Waals surface area contributed by atoms with Crippen molar-refractivity contribution in [3.8, 4) is 5.75 Å². The van der Waals surface area contributed by atoms with Crippen molar-refractivity contribution >= 4 is 5.91 Å². The van der Waals surface area contributed by atoms with Crippen LogP contribution in [0.5, 0.6) is 5.75 Å². The second kappa shape index (κ2) is 5.31. The van der Waals surface area contributed by atoms with Crippen LogP contribution in [0, 0.1) is 6.92 Å². The van der Waals surface area contributed by atoms with Crippen molar-refractivity contribution in [1.29, 1.82) is 0 Å². The highest BCUT2D eigenvalue weighted by Crippen LogP contribution is 2.42. The minimum absolute atomic E-state index is 0.0480. The smallest absolute Gasteiger partial charge is 0.246 e. The highest BCUT2D eigenvalue weighted by molar-refractivity contribution is 5.88. The zero-order chi connectivity index (χ0) is 14.1. The Labute approximate surface area is 120 Å². The van der Waals surface area contributed by atoms with E-state index in [-0.39, 0.29) is 11.9 Å². The first-order valence-corrected chi connectivity index (χ1v) is 7.39. The van der Waals surface area contributed by atoms with Gasteiger partial charge in [-0.15, -0.1) is 0 Å². The van der Waals surface area contributed by atoms with Crippen LogP contribution in [-0.4, -0.2) is 23.5 Å². The molecule has 2 aliphatic rings. The number of rotatable bonds is 3. The van der Waals surface area contributed by atoms with Gasteiger partial charge in [-0.2, -0.15) is 0 Å². The molecule has 1 amide bonds. The molecule has 1 fully saturated rings. The highest BCUT2D eigenvalue weighted by atomic mass is 16.5. The Hall–Kier alpha value is -1.77. The van der Waals surface area contributed by atoms with Crippen LogP contribution in [0.15, 0.2) is 30.9 Å². The van der Waals surface area contributed by atoms with Crippen molar-refractivity contribution in [2.45, 2.75) is 44.7 Å². The lowest BCUT2D eigenvalue weighted by Crippen LogP contribution is -2.35. The predicted octanol–water partition coefficient (Wildman–Crippen LogP) is 3.39. The molecule has 0 N–H and O–H groups in total. The number of para-hydroxylation sites is 1. The van der Waals surface area contributed by atoms with Crippen molar-refractivity contribution in [3.05, 3.63) is 42.0 Å². The molecule has 3 heteroatoms. The van der Waals surface area contributed by atoms with Gasteiger partial charge in [0.2, 0.25) is 5.91 Å². The summed E-state index contributed by atoms with van der Waals surface area (Å²) in [6, 6.07) is 6.74. The SMILES string of the molecule is C=CC(=O)N(C1CC1)C1CCCOc2c(C)cccc21. The van der Waals surface area contributed by atoms with E-state index in [0.29, 0.717) is 6.04 Å². The minimum atomic E-state index is 0.0480. The number of nitrogens with zero attached hydrogens (tertiary/aromatic N) is 1. The van der Waals surface area contributed by atoms with E-state index in [1.165, 1.54) is 6.08 Å². The third kappa shape index (κ3) is 2.33. The van der Waals surface area contributed by atoms with Gasteiger partial charge in [0.25, 0.3) is 0 Å². The van der Waals surface area contributed by atoms with Gasteiger partial charge in [-0.3, -0.25) is 4.79 Å². The molecule has 1 atom stereocenters. The molecule has 0 aromatic heterocycles. The van der Waals surface area contributed by atoms with Gasteiger partial charge in [0.05, 0.1) is 12.6 Å². The predicted molar refractivity (Wildman–Crippen MR) is 78.7 cm³/mol. The molecule has 0 saturated heterocycles. The molecule has 1 aliphatic carbocycles. The Bertz CT molecular complexity index is 534. The van der Waals surface area contributed by atoms with Gasteiger partial charge >= 0.3 is 0 Å². The number of amides is 1. The summed E-state index contributed by atoms with van der Waals surface area (Å²) in [6.07, 6.45) is 5.61. The summed E-state index contributed by atoms with van der Waals surface area (Å²) in [5.74, 6) is 1.02. The first kappa shape index (κ1) is 13.2. The van der Waals surface area contributed by atoms with Crippen LogP contribution in [-0.2, 0) is 4.79 Å². The number of fused-ring (bicyclic) bond motifs is 1. The molecule has 20 heavy (non-hydrogen) atoms. The van der Waals surface area contributed by atoms with Crippen molar-refractivity contribution < 1.29 is 9.53 Å². The average molecular weight is 271 g/mol. The fourth-order valence-corrected chi connectivity index (χ4v) is 3.08.